The third-order valence-electron chi connectivity index (χ3n) is 6.00. The summed E-state index contributed by atoms with van der Waals surface area (Å²) < 4.78 is 0. The maximum absolute atomic E-state index is 11.3. The molecular weight excluding hydrogens is 262 g/mol. The molecule has 0 aromatic heterocycles. The molecule has 0 unspecified atom stereocenters. The van der Waals surface area contributed by atoms with E-state index in [0.29, 0.717) is 5.41 Å². The lowest BCUT2D eigenvalue weighted by Crippen LogP contribution is -2.48. The van der Waals surface area contributed by atoms with Crippen molar-refractivity contribution in [1.82, 2.24) is 4.90 Å². The predicted octanol–water partition coefficient (Wildman–Crippen LogP) is 4.02. The molecule has 0 aromatic rings. The van der Waals surface area contributed by atoms with E-state index in [2.05, 4.69) is 32.6 Å². The zero-order valence-electron chi connectivity index (χ0n) is 14.3. The van der Waals surface area contributed by atoms with Crippen LogP contribution in [0.25, 0.3) is 0 Å². The van der Waals surface area contributed by atoms with Gasteiger partial charge in [0.2, 0.25) is 0 Å². The molecule has 1 saturated heterocycles. The number of rotatable bonds is 3. The summed E-state index contributed by atoms with van der Waals surface area (Å²) in [6.45, 7) is 11.4. The summed E-state index contributed by atoms with van der Waals surface area (Å²) in [6.07, 6.45) is 7.23. The minimum atomic E-state index is -0.608. The maximum Gasteiger partial charge on any atom is 0.308 e. The summed E-state index contributed by atoms with van der Waals surface area (Å²) in [4.78, 5) is 13.8. The number of carboxylic acid groups (broad SMARTS) is 1. The molecule has 1 heterocycles. The Kier molecular flexibility index (Phi) is 5.34. The number of aliphatic carboxylic acids is 1. The second-order valence-corrected chi connectivity index (χ2v) is 8.41. The largest absolute Gasteiger partial charge is 0.481 e. The molecule has 21 heavy (non-hydrogen) atoms. The van der Waals surface area contributed by atoms with Crippen LogP contribution in [-0.2, 0) is 4.79 Å². The number of hydrogen-bond acceptors (Lipinski definition) is 2. The van der Waals surface area contributed by atoms with E-state index in [1.807, 2.05) is 0 Å². The lowest BCUT2D eigenvalue weighted by Gasteiger charge is -2.42. The van der Waals surface area contributed by atoms with Gasteiger partial charge < -0.3 is 5.11 Å². The van der Waals surface area contributed by atoms with E-state index in [9.17, 15) is 9.90 Å². The van der Waals surface area contributed by atoms with Crippen molar-refractivity contribution >= 4 is 5.97 Å². The molecule has 2 atom stereocenters. The van der Waals surface area contributed by atoms with Gasteiger partial charge in [0.25, 0.3) is 0 Å². The summed E-state index contributed by atoms with van der Waals surface area (Å²) >= 11 is 0. The lowest BCUT2D eigenvalue weighted by molar-refractivity contribution is -0.145. The van der Waals surface area contributed by atoms with Crippen LogP contribution in [0.4, 0.5) is 0 Å². The molecule has 0 bridgehead atoms. The summed E-state index contributed by atoms with van der Waals surface area (Å²) in [5, 5.41) is 9.33. The summed E-state index contributed by atoms with van der Waals surface area (Å²) in [5.74, 6) is 0.867. The van der Waals surface area contributed by atoms with Crippen LogP contribution in [0.1, 0.15) is 66.2 Å². The van der Waals surface area contributed by atoms with Crippen LogP contribution < -0.4 is 0 Å². The molecule has 2 aliphatic rings. The van der Waals surface area contributed by atoms with Crippen LogP contribution in [0.3, 0.4) is 0 Å². The van der Waals surface area contributed by atoms with Gasteiger partial charge in [-0.15, -0.1) is 0 Å². The number of carbonyl (C=O) groups is 1. The van der Waals surface area contributed by atoms with E-state index < -0.39 is 5.97 Å². The van der Waals surface area contributed by atoms with Crippen LogP contribution >= 0.6 is 0 Å². The van der Waals surface area contributed by atoms with Crippen molar-refractivity contribution in [2.75, 3.05) is 13.1 Å². The molecule has 0 amide bonds. The quantitative estimate of drug-likeness (QED) is 0.854. The molecule has 3 heteroatoms. The molecule has 2 fully saturated rings. The average molecular weight is 295 g/mol. The Morgan fingerprint density at radius 1 is 1.14 bits per heavy atom. The van der Waals surface area contributed by atoms with E-state index in [1.165, 1.54) is 25.7 Å². The highest BCUT2D eigenvalue weighted by atomic mass is 16.4. The third kappa shape index (κ3) is 4.21. The molecule has 1 saturated carbocycles. The van der Waals surface area contributed by atoms with Crippen LogP contribution in [0.15, 0.2) is 0 Å². The van der Waals surface area contributed by atoms with E-state index >= 15 is 0 Å². The lowest BCUT2D eigenvalue weighted by atomic mass is 9.69. The fourth-order valence-electron chi connectivity index (χ4n) is 4.34. The highest BCUT2D eigenvalue weighted by Gasteiger charge is 2.35. The second kappa shape index (κ2) is 6.68. The van der Waals surface area contributed by atoms with E-state index in [4.69, 9.17) is 0 Å². The van der Waals surface area contributed by atoms with Gasteiger partial charge in [0.1, 0.15) is 0 Å². The predicted molar refractivity (Wildman–Crippen MR) is 86.3 cm³/mol. The first kappa shape index (κ1) is 16.8. The third-order valence-corrected chi connectivity index (χ3v) is 6.00. The molecule has 0 radical (unpaired) electrons. The van der Waals surface area contributed by atoms with Crippen LogP contribution in [-0.4, -0.2) is 35.1 Å². The zero-order chi connectivity index (χ0) is 15.6. The molecule has 3 nitrogen and oxygen atoms in total. The maximum atomic E-state index is 11.3. The van der Waals surface area contributed by atoms with Gasteiger partial charge in [-0.2, -0.15) is 0 Å². The smallest absolute Gasteiger partial charge is 0.308 e. The Labute approximate surface area is 130 Å². The number of nitrogens with zero attached hydrogens (tertiary/aromatic N) is 1. The zero-order valence-corrected chi connectivity index (χ0v) is 14.3. The first-order valence-electron chi connectivity index (χ1n) is 8.76. The van der Waals surface area contributed by atoms with Crippen molar-refractivity contribution in [3.8, 4) is 0 Å². The van der Waals surface area contributed by atoms with Crippen LogP contribution in [0.2, 0.25) is 0 Å². The summed E-state index contributed by atoms with van der Waals surface area (Å²) in [5.41, 5.74) is 0.442. The van der Waals surface area contributed by atoms with Gasteiger partial charge in [-0.3, -0.25) is 9.69 Å². The van der Waals surface area contributed by atoms with Gasteiger partial charge in [0.15, 0.2) is 0 Å². The second-order valence-electron chi connectivity index (χ2n) is 8.41. The van der Waals surface area contributed by atoms with Crippen LogP contribution in [0, 0.1) is 23.2 Å². The Balaban J connectivity index is 1.84. The number of likely N-dealkylation sites (tertiary alicyclic amines) is 1. The molecule has 0 spiro atoms. The normalized spacial score (nSPS) is 35.6. The van der Waals surface area contributed by atoms with Crippen molar-refractivity contribution in [3.63, 3.8) is 0 Å². The first-order valence-corrected chi connectivity index (χ1v) is 8.76. The van der Waals surface area contributed by atoms with Crippen LogP contribution in [0.5, 0.6) is 0 Å². The standard InChI is InChI=1S/C18H33NO2/c1-13-16(17(20)21)6-5-11-19(13)12-14-7-9-15(10-8-14)18(2,3)4/h13-16H,5-12H2,1-4H3,(H,20,21)/t13-,14?,15?,16-/m1/s1. The minimum Gasteiger partial charge on any atom is -0.481 e. The van der Waals surface area contributed by atoms with E-state index in [-0.39, 0.29) is 12.0 Å². The Morgan fingerprint density at radius 3 is 2.29 bits per heavy atom. The van der Waals surface area contributed by atoms with Gasteiger partial charge in [0.05, 0.1) is 5.92 Å². The Bertz CT molecular complexity index is 353. The molecule has 122 valence electrons. The van der Waals surface area contributed by atoms with E-state index in [0.717, 1.165) is 37.8 Å². The van der Waals surface area contributed by atoms with Gasteiger partial charge in [-0.25, -0.2) is 0 Å². The molecule has 1 aliphatic carbocycles. The number of piperidine rings is 1. The summed E-state index contributed by atoms with van der Waals surface area (Å²) in [6, 6.07) is 0.205. The first-order chi connectivity index (χ1) is 9.79. The molecule has 1 aliphatic heterocycles. The molecule has 2 rings (SSSR count). The number of carboxylic acids is 1. The van der Waals surface area contributed by atoms with Gasteiger partial charge in [-0.1, -0.05) is 20.8 Å². The van der Waals surface area contributed by atoms with Gasteiger partial charge in [-0.05, 0) is 69.2 Å². The van der Waals surface area contributed by atoms with E-state index in [1.54, 1.807) is 0 Å². The van der Waals surface area contributed by atoms with Gasteiger partial charge >= 0.3 is 5.97 Å². The molecular formula is C18H33NO2. The fourth-order valence-corrected chi connectivity index (χ4v) is 4.34. The van der Waals surface area contributed by atoms with Crippen molar-refractivity contribution in [1.29, 1.82) is 0 Å². The van der Waals surface area contributed by atoms with Gasteiger partial charge in [0, 0.05) is 12.6 Å². The topological polar surface area (TPSA) is 40.5 Å². The van der Waals surface area contributed by atoms with Crippen molar-refractivity contribution in [3.05, 3.63) is 0 Å². The monoisotopic (exact) mass is 295 g/mol. The Morgan fingerprint density at radius 2 is 1.76 bits per heavy atom. The van der Waals surface area contributed by atoms with Crippen molar-refractivity contribution < 1.29 is 9.90 Å². The fraction of sp³-hybridized carbons (Fsp3) is 0.944. The van der Waals surface area contributed by atoms with Crippen molar-refractivity contribution in [2.45, 2.75) is 72.3 Å². The molecule has 0 aromatic carbocycles. The SMILES string of the molecule is C[C@@H]1[C@H](C(=O)O)CCCN1CC1CCC(C(C)(C)C)CC1. The summed E-state index contributed by atoms with van der Waals surface area (Å²) in [7, 11) is 0. The Hall–Kier alpha value is -0.570. The number of hydrogen-bond donors (Lipinski definition) is 1. The highest BCUT2D eigenvalue weighted by molar-refractivity contribution is 5.70. The van der Waals surface area contributed by atoms with Crippen molar-refractivity contribution in [2.24, 2.45) is 23.2 Å². The average Bonchev–Trinajstić information content (AvgIpc) is 2.40. The highest BCUT2D eigenvalue weighted by Crippen LogP contribution is 2.40. The minimum absolute atomic E-state index is 0.162. The molecule has 1 N–H and O–H groups in total.